The van der Waals surface area contributed by atoms with Gasteiger partial charge in [-0.15, -0.1) is 0 Å². The fraction of sp³-hybridized carbons (Fsp3) is 0.286. The molecule has 0 saturated carbocycles. The molecule has 3 aromatic rings. The first-order chi connectivity index (χ1) is 13.2. The Bertz CT molecular complexity index is 1000. The molecule has 1 fully saturated rings. The number of anilines is 2. The summed E-state index contributed by atoms with van der Waals surface area (Å²) in [7, 11) is 0. The van der Waals surface area contributed by atoms with Crippen molar-refractivity contribution in [3.63, 3.8) is 0 Å². The van der Waals surface area contributed by atoms with Crippen LogP contribution in [0, 0.1) is 5.92 Å². The van der Waals surface area contributed by atoms with Crippen molar-refractivity contribution in [3.8, 4) is 0 Å². The van der Waals surface area contributed by atoms with E-state index in [0.717, 1.165) is 37.4 Å². The quantitative estimate of drug-likeness (QED) is 0.572. The zero-order valence-electron chi connectivity index (χ0n) is 15.4. The lowest BCUT2D eigenvalue weighted by Gasteiger charge is -2.32. The normalized spacial score (nSPS) is 15.5. The molecule has 1 saturated heterocycles. The molecule has 0 atom stereocenters. The van der Waals surface area contributed by atoms with E-state index in [1.807, 2.05) is 48.5 Å². The van der Waals surface area contributed by atoms with E-state index in [0.29, 0.717) is 17.1 Å². The Hall–Kier alpha value is -3.15. The van der Waals surface area contributed by atoms with E-state index in [-0.39, 0.29) is 5.56 Å². The number of pyridine rings is 1. The summed E-state index contributed by atoms with van der Waals surface area (Å²) in [6.07, 6.45) is 5.55. The molecule has 2 aromatic heterocycles. The van der Waals surface area contributed by atoms with Gasteiger partial charge in [-0.1, -0.05) is 31.2 Å². The van der Waals surface area contributed by atoms with Crippen LogP contribution in [0.25, 0.3) is 5.65 Å². The highest BCUT2D eigenvalue weighted by molar-refractivity contribution is 5.87. The van der Waals surface area contributed by atoms with Crippen LogP contribution in [0.2, 0.25) is 0 Å². The molecule has 1 aromatic carbocycles. The maximum Gasteiger partial charge on any atom is 0.268 e. The summed E-state index contributed by atoms with van der Waals surface area (Å²) >= 11 is 0. The Labute approximate surface area is 158 Å². The molecule has 0 unspecified atom stereocenters. The number of benzene rings is 1. The Morgan fingerprint density at radius 2 is 1.85 bits per heavy atom. The van der Waals surface area contributed by atoms with Crippen LogP contribution in [0.15, 0.2) is 64.6 Å². The third-order valence-corrected chi connectivity index (χ3v) is 4.99. The third kappa shape index (κ3) is 3.69. The lowest BCUT2D eigenvalue weighted by molar-refractivity contribution is 0.436. The van der Waals surface area contributed by atoms with Crippen LogP contribution in [0.4, 0.5) is 11.5 Å². The van der Waals surface area contributed by atoms with Gasteiger partial charge in [-0.25, -0.2) is 4.98 Å². The van der Waals surface area contributed by atoms with Crippen LogP contribution >= 0.6 is 0 Å². The summed E-state index contributed by atoms with van der Waals surface area (Å²) in [5, 5.41) is 4.29. The van der Waals surface area contributed by atoms with E-state index in [1.165, 1.54) is 0 Å². The molecule has 138 valence electrons. The summed E-state index contributed by atoms with van der Waals surface area (Å²) in [4.78, 5) is 20.1. The summed E-state index contributed by atoms with van der Waals surface area (Å²) in [5.74, 6) is 1.43. The molecule has 0 amide bonds. The lowest BCUT2D eigenvalue weighted by Crippen LogP contribution is -2.36. The van der Waals surface area contributed by atoms with Crippen molar-refractivity contribution < 1.29 is 0 Å². The van der Waals surface area contributed by atoms with E-state index < -0.39 is 0 Å². The van der Waals surface area contributed by atoms with Crippen LogP contribution < -0.4 is 15.9 Å². The first kappa shape index (κ1) is 17.3. The largest absolute Gasteiger partial charge is 0.356 e. The number of fused-ring (bicyclic) bond motifs is 1. The number of hydrogen-bond donors (Lipinski definition) is 1. The monoisotopic (exact) mass is 361 g/mol. The molecule has 0 radical (unpaired) electrons. The summed E-state index contributed by atoms with van der Waals surface area (Å²) in [6, 6.07) is 15.3. The van der Waals surface area contributed by atoms with Gasteiger partial charge >= 0.3 is 0 Å². The topological polar surface area (TPSA) is 62.0 Å². The highest BCUT2D eigenvalue weighted by Gasteiger charge is 2.21. The number of nitrogens with one attached hydrogen (secondary N) is 1. The highest BCUT2D eigenvalue weighted by Crippen LogP contribution is 2.23. The zero-order chi connectivity index (χ0) is 18.6. The van der Waals surface area contributed by atoms with Crippen molar-refractivity contribution in [1.82, 2.24) is 9.38 Å². The van der Waals surface area contributed by atoms with Crippen molar-refractivity contribution in [1.29, 1.82) is 0 Å². The molecule has 1 N–H and O–H groups in total. The minimum atomic E-state index is -0.104. The zero-order valence-corrected chi connectivity index (χ0v) is 15.4. The third-order valence-electron chi connectivity index (χ3n) is 4.99. The number of rotatable bonds is 4. The maximum absolute atomic E-state index is 13.1. The van der Waals surface area contributed by atoms with Crippen LogP contribution in [-0.2, 0) is 0 Å². The molecular formula is C21H23N5O. The van der Waals surface area contributed by atoms with E-state index in [4.69, 9.17) is 4.98 Å². The molecular weight excluding hydrogens is 338 g/mol. The molecule has 0 spiro atoms. The summed E-state index contributed by atoms with van der Waals surface area (Å²) in [6.45, 7) is 4.08. The summed E-state index contributed by atoms with van der Waals surface area (Å²) in [5.41, 5.74) is 4.92. The second-order valence-electron chi connectivity index (χ2n) is 6.99. The fourth-order valence-electron chi connectivity index (χ4n) is 3.35. The first-order valence-corrected chi connectivity index (χ1v) is 9.33. The van der Waals surface area contributed by atoms with Gasteiger partial charge < -0.3 is 4.90 Å². The number of hydrogen-bond acceptors (Lipinski definition) is 5. The second kappa shape index (κ2) is 7.61. The molecule has 6 heteroatoms. The van der Waals surface area contributed by atoms with Crippen LogP contribution in [0.1, 0.15) is 25.3 Å². The predicted molar refractivity (Wildman–Crippen MR) is 110 cm³/mol. The molecule has 1 aliphatic rings. The van der Waals surface area contributed by atoms with Gasteiger partial charge in [0, 0.05) is 19.3 Å². The first-order valence-electron chi connectivity index (χ1n) is 9.33. The van der Waals surface area contributed by atoms with Gasteiger partial charge in [0.1, 0.15) is 17.0 Å². The molecule has 0 aliphatic carbocycles. The van der Waals surface area contributed by atoms with Crippen molar-refractivity contribution >= 4 is 23.4 Å². The average molecular weight is 361 g/mol. The predicted octanol–water partition coefficient (Wildman–Crippen LogP) is 3.38. The van der Waals surface area contributed by atoms with Crippen molar-refractivity contribution in [2.45, 2.75) is 19.8 Å². The van der Waals surface area contributed by atoms with E-state index in [1.54, 1.807) is 16.8 Å². The Morgan fingerprint density at radius 1 is 1.11 bits per heavy atom. The van der Waals surface area contributed by atoms with Gasteiger partial charge in [-0.2, -0.15) is 5.10 Å². The number of piperidine rings is 1. The van der Waals surface area contributed by atoms with Crippen LogP contribution in [0.5, 0.6) is 0 Å². The van der Waals surface area contributed by atoms with Crippen molar-refractivity contribution in [2.24, 2.45) is 11.0 Å². The molecule has 1 aliphatic heterocycles. The van der Waals surface area contributed by atoms with Crippen molar-refractivity contribution in [2.75, 3.05) is 23.4 Å². The Balaban J connectivity index is 1.73. The number of nitrogens with zero attached hydrogens (tertiary/aromatic N) is 4. The smallest absolute Gasteiger partial charge is 0.268 e. The number of para-hydroxylation sites is 1. The fourth-order valence-corrected chi connectivity index (χ4v) is 3.35. The molecule has 4 rings (SSSR count). The molecule has 0 bridgehead atoms. The average Bonchev–Trinajstić information content (AvgIpc) is 2.71. The van der Waals surface area contributed by atoms with Gasteiger partial charge in [-0.3, -0.25) is 14.6 Å². The van der Waals surface area contributed by atoms with Gasteiger partial charge in [-0.05, 0) is 43.0 Å². The standard InChI is InChI=1S/C21H23N5O/c1-16-10-13-25(14-11-16)20-18(15-22-24-17-7-3-2-4-8-17)21(27)26-12-6-5-9-19(26)23-20/h2-9,12,15-16,24H,10-11,13-14H2,1H3/b22-15-. The molecule has 3 heterocycles. The van der Waals surface area contributed by atoms with Crippen LogP contribution in [-0.4, -0.2) is 28.7 Å². The minimum Gasteiger partial charge on any atom is -0.356 e. The minimum absolute atomic E-state index is 0.104. The van der Waals surface area contributed by atoms with E-state index in [2.05, 4.69) is 22.4 Å². The Morgan fingerprint density at radius 3 is 2.63 bits per heavy atom. The van der Waals surface area contributed by atoms with Gasteiger partial charge in [0.2, 0.25) is 0 Å². The SMILES string of the molecule is CC1CCN(c2nc3ccccn3c(=O)c2/C=N\Nc2ccccc2)CC1. The number of hydrazone groups is 1. The van der Waals surface area contributed by atoms with Gasteiger partial charge in [0.05, 0.1) is 11.9 Å². The molecule has 27 heavy (non-hydrogen) atoms. The second-order valence-corrected chi connectivity index (χ2v) is 6.99. The van der Waals surface area contributed by atoms with E-state index >= 15 is 0 Å². The van der Waals surface area contributed by atoms with Gasteiger partial charge in [0.25, 0.3) is 5.56 Å². The van der Waals surface area contributed by atoms with Crippen LogP contribution in [0.3, 0.4) is 0 Å². The maximum atomic E-state index is 13.1. The summed E-state index contributed by atoms with van der Waals surface area (Å²) < 4.78 is 1.57. The van der Waals surface area contributed by atoms with E-state index in [9.17, 15) is 4.79 Å². The van der Waals surface area contributed by atoms with Gasteiger partial charge in [0.15, 0.2) is 0 Å². The lowest BCUT2D eigenvalue weighted by atomic mass is 9.99. The Kier molecular flexibility index (Phi) is 4.87. The molecule has 6 nitrogen and oxygen atoms in total. The highest BCUT2D eigenvalue weighted by atomic mass is 16.1. The van der Waals surface area contributed by atoms with Crippen molar-refractivity contribution in [3.05, 3.63) is 70.6 Å². The number of aromatic nitrogens is 2.